The van der Waals surface area contributed by atoms with Crippen LogP contribution in [-0.2, 0) is 6.42 Å². The molecule has 3 heteroatoms. The van der Waals surface area contributed by atoms with Crippen molar-refractivity contribution in [2.45, 2.75) is 31.1 Å². The number of ether oxygens (including phenoxy) is 1. The van der Waals surface area contributed by atoms with Gasteiger partial charge in [-0.1, -0.05) is 29.8 Å². The molecule has 90 valence electrons. The Labute approximate surface area is 110 Å². The quantitative estimate of drug-likeness (QED) is 0.726. The number of rotatable bonds is 1. The lowest BCUT2D eigenvalue weighted by Crippen LogP contribution is -2.22. The van der Waals surface area contributed by atoms with Gasteiger partial charge in [0.15, 0.2) is 0 Å². The first-order valence-electron chi connectivity index (χ1n) is 6.12. The largest absolute Gasteiger partial charge is 0.492 e. The van der Waals surface area contributed by atoms with E-state index in [9.17, 15) is 0 Å². The van der Waals surface area contributed by atoms with E-state index < -0.39 is 0 Å². The maximum atomic E-state index is 5.68. The van der Waals surface area contributed by atoms with E-state index >= 15 is 0 Å². The maximum Gasteiger partial charge on any atom is 0.124 e. The van der Waals surface area contributed by atoms with Gasteiger partial charge in [0.05, 0.1) is 10.9 Å². The average molecular weight is 294 g/mol. The van der Waals surface area contributed by atoms with Gasteiger partial charge in [0.2, 0.25) is 0 Å². The summed E-state index contributed by atoms with van der Waals surface area (Å²) in [4.78, 5) is 4.98. The van der Waals surface area contributed by atoms with E-state index in [1.807, 2.05) is 6.21 Å². The highest BCUT2D eigenvalue weighted by molar-refractivity contribution is 9.09. The van der Waals surface area contributed by atoms with Crippen molar-refractivity contribution in [2.75, 3.05) is 6.61 Å². The zero-order chi connectivity index (χ0) is 12.0. The molecule has 0 bridgehead atoms. The van der Waals surface area contributed by atoms with Crippen molar-refractivity contribution in [3.8, 4) is 5.75 Å². The lowest BCUT2D eigenvalue weighted by molar-refractivity contribution is 0.356. The molecule has 0 aromatic heterocycles. The summed E-state index contributed by atoms with van der Waals surface area (Å²) in [6.07, 6.45) is 3.07. The molecular formula is C14H16BrNO. The predicted molar refractivity (Wildman–Crippen MR) is 73.5 cm³/mol. The normalized spacial score (nSPS) is 25.6. The number of halogens is 1. The van der Waals surface area contributed by atoms with Gasteiger partial charge in [-0.3, -0.25) is 4.99 Å². The molecule has 0 saturated carbocycles. The van der Waals surface area contributed by atoms with Crippen LogP contribution in [0.25, 0.3) is 0 Å². The molecule has 1 aromatic carbocycles. The molecule has 0 aliphatic carbocycles. The highest BCUT2D eigenvalue weighted by Gasteiger charge is 2.29. The Morgan fingerprint density at radius 3 is 3.00 bits per heavy atom. The fourth-order valence-electron chi connectivity index (χ4n) is 2.57. The summed E-state index contributed by atoms with van der Waals surface area (Å²) in [7, 11) is 0. The van der Waals surface area contributed by atoms with E-state index in [2.05, 4.69) is 46.9 Å². The Balaban J connectivity index is 2.07. The van der Waals surface area contributed by atoms with Gasteiger partial charge in [0.1, 0.15) is 12.4 Å². The van der Waals surface area contributed by atoms with Crippen molar-refractivity contribution in [3.05, 3.63) is 28.8 Å². The topological polar surface area (TPSA) is 21.6 Å². The highest BCUT2D eigenvalue weighted by atomic mass is 79.9. The first-order chi connectivity index (χ1) is 8.16. The first kappa shape index (κ1) is 11.3. The van der Waals surface area contributed by atoms with Crippen LogP contribution in [0, 0.1) is 5.92 Å². The number of benzene rings is 1. The summed E-state index contributed by atoms with van der Waals surface area (Å²) in [6, 6.07) is 4.60. The minimum Gasteiger partial charge on any atom is -0.492 e. The van der Waals surface area contributed by atoms with Crippen LogP contribution in [0.5, 0.6) is 5.75 Å². The van der Waals surface area contributed by atoms with Crippen LogP contribution in [0.15, 0.2) is 17.1 Å². The standard InChI is InChI=1S/C14H16BrNO/c1-8(2)12-5-10-9(6-16-12)3-4-13-14(10)11(15)7-17-13/h3-4,6,8,11-12H,5,7H2,1-2H3. The van der Waals surface area contributed by atoms with Gasteiger partial charge >= 0.3 is 0 Å². The highest BCUT2D eigenvalue weighted by Crippen LogP contribution is 2.42. The van der Waals surface area contributed by atoms with E-state index in [0.717, 1.165) is 18.8 Å². The summed E-state index contributed by atoms with van der Waals surface area (Å²) in [5, 5.41) is 0. The van der Waals surface area contributed by atoms with Crippen molar-refractivity contribution in [1.29, 1.82) is 0 Å². The minimum absolute atomic E-state index is 0.340. The van der Waals surface area contributed by atoms with Crippen LogP contribution in [0.4, 0.5) is 0 Å². The summed E-state index contributed by atoms with van der Waals surface area (Å²) in [6.45, 7) is 5.21. The van der Waals surface area contributed by atoms with Crippen LogP contribution in [0.3, 0.4) is 0 Å². The van der Waals surface area contributed by atoms with Gasteiger partial charge in [-0.15, -0.1) is 0 Å². The molecule has 2 aliphatic rings. The van der Waals surface area contributed by atoms with E-state index in [1.54, 1.807) is 0 Å². The van der Waals surface area contributed by atoms with Gasteiger partial charge in [-0.25, -0.2) is 0 Å². The van der Waals surface area contributed by atoms with Crippen LogP contribution in [-0.4, -0.2) is 18.9 Å². The summed E-state index contributed by atoms with van der Waals surface area (Å²) in [5.74, 6) is 1.63. The minimum atomic E-state index is 0.340. The van der Waals surface area contributed by atoms with Crippen molar-refractivity contribution in [2.24, 2.45) is 10.9 Å². The average Bonchev–Trinajstić information content (AvgIpc) is 2.70. The predicted octanol–water partition coefficient (Wildman–Crippen LogP) is 3.51. The van der Waals surface area contributed by atoms with Crippen LogP contribution >= 0.6 is 15.9 Å². The second-order valence-corrected chi connectivity index (χ2v) is 6.22. The second-order valence-electron chi connectivity index (χ2n) is 5.12. The Bertz CT molecular complexity index is 481. The third-order valence-corrected chi connectivity index (χ3v) is 4.36. The zero-order valence-corrected chi connectivity index (χ0v) is 11.7. The second kappa shape index (κ2) is 4.13. The molecule has 2 nitrogen and oxygen atoms in total. The SMILES string of the molecule is CC(C)C1Cc2c(ccc3c2C(Br)CO3)C=N1. The van der Waals surface area contributed by atoms with Crippen molar-refractivity contribution < 1.29 is 4.74 Å². The van der Waals surface area contributed by atoms with Crippen LogP contribution in [0.2, 0.25) is 0 Å². The van der Waals surface area contributed by atoms with Gasteiger partial charge < -0.3 is 4.74 Å². The molecule has 0 spiro atoms. The maximum absolute atomic E-state index is 5.68. The summed E-state index contributed by atoms with van der Waals surface area (Å²) >= 11 is 3.70. The Hall–Kier alpha value is -0.830. The molecule has 0 N–H and O–H groups in total. The number of nitrogens with zero attached hydrogens (tertiary/aromatic N) is 1. The summed E-state index contributed by atoms with van der Waals surface area (Å²) < 4.78 is 5.68. The van der Waals surface area contributed by atoms with E-state index in [-0.39, 0.29) is 0 Å². The molecule has 3 rings (SSSR count). The molecule has 0 radical (unpaired) electrons. The molecular weight excluding hydrogens is 278 g/mol. The fraction of sp³-hybridized carbons (Fsp3) is 0.500. The lowest BCUT2D eigenvalue weighted by atomic mass is 9.88. The Morgan fingerprint density at radius 2 is 2.24 bits per heavy atom. The van der Waals surface area contributed by atoms with Gasteiger partial charge in [-0.05, 0) is 35.6 Å². The number of fused-ring (bicyclic) bond motifs is 3. The third-order valence-electron chi connectivity index (χ3n) is 3.64. The zero-order valence-electron chi connectivity index (χ0n) is 10.1. The smallest absolute Gasteiger partial charge is 0.124 e. The molecule has 17 heavy (non-hydrogen) atoms. The summed E-state index contributed by atoms with van der Waals surface area (Å²) in [5.41, 5.74) is 4.03. The Kier molecular flexibility index (Phi) is 2.74. The van der Waals surface area contributed by atoms with Crippen molar-refractivity contribution in [3.63, 3.8) is 0 Å². The van der Waals surface area contributed by atoms with E-state index in [1.165, 1.54) is 16.7 Å². The lowest BCUT2D eigenvalue weighted by Gasteiger charge is -2.24. The third kappa shape index (κ3) is 1.81. The number of aliphatic imine (C=N–C) groups is 1. The molecule has 2 unspecified atom stereocenters. The number of hydrogen-bond acceptors (Lipinski definition) is 2. The molecule has 1 aromatic rings. The van der Waals surface area contributed by atoms with Crippen molar-refractivity contribution in [1.82, 2.24) is 0 Å². The monoisotopic (exact) mass is 293 g/mol. The van der Waals surface area contributed by atoms with Gasteiger partial charge in [-0.2, -0.15) is 0 Å². The van der Waals surface area contributed by atoms with Crippen LogP contribution < -0.4 is 4.74 Å². The number of hydrogen-bond donors (Lipinski definition) is 0. The first-order valence-corrected chi connectivity index (χ1v) is 7.04. The molecule has 2 aliphatic heterocycles. The molecule has 2 heterocycles. The van der Waals surface area contributed by atoms with E-state index in [0.29, 0.717) is 16.8 Å². The van der Waals surface area contributed by atoms with Crippen molar-refractivity contribution >= 4 is 22.1 Å². The molecule has 0 saturated heterocycles. The van der Waals surface area contributed by atoms with Gasteiger partial charge in [0, 0.05) is 11.8 Å². The molecule has 2 atom stereocenters. The fourth-order valence-corrected chi connectivity index (χ4v) is 3.20. The van der Waals surface area contributed by atoms with Crippen LogP contribution in [0.1, 0.15) is 35.4 Å². The van der Waals surface area contributed by atoms with Gasteiger partial charge in [0.25, 0.3) is 0 Å². The molecule has 0 fully saturated rings. The molecule has 0 amide bonds. The Morgan fingerprint density at radius 1 is 1.41 bits per heavy atom. The van der Waals surface area contributed by atoms with E-state index in [4.69, 9.17) is 4.74 Å². The number of alkyl halides is 1.